The molecule has 1 saturated heterocycles. The molecule has 1 aliphatic heterocycles. The van der Waals surface area contributed by atoms with Crippen LogP contribution in [0.4, 0.5) is 5.69 Å². The number of nitrogens with one attached hydrogen (secondary N) is 1. The molecule has 116 valence electrons. The molecule has 2 rings (SSSR count). The van der Waals surface area contributed by atoms with Crippen LogP contribution in [0.25, 0.3) is 0 Å². The zero-order chi connectivity index (χ0) is 15.2. The lowest BCUT2D eigenvalue weighted by Gasteiger charge is -2.35. The van der Waals surface area contributed by atoms with E-state index in [2.05, 4.69) is 17.1 Å². The summed E-state index contributed by atoms with van der Waals surface area (Å²) in [4.78, 5) is 14.7. The van der Waals surface area contributed by atoms with Crippen molar-refractivity contribution in [2.75, 3.05) is 18.4 Å². The number of benzene rings is 1. The summed E-state index contributed by atoms with van der Waals surface area (Å²) < 4.78 is 0. The van der Waals surface area contributed by atoms with Crippen molar-refractivity contribution in [3.63, 3.8) is 0 Å². The number of amides is 1. The second-order valence-corrected chi connectivity index (χ2v) is 5.91. The molecule has 1 aliphatic rings. The van der Waals surface area contributed by atoms with Crippen LogP contribution in [-0.4, -0.2) is 29.9 Å². The Morgan fingerprint density at radius 2 is 2.05 bits per heavy atom. The summed E-state index contributed by atoms with van der Waals surface area (Å²) in [6.07, 6.45) is 3.65. The number of hydrogen-bond acceptors (Lipinski definition) is 3. The Labute approximate surface area is 127 Å². The van der Waals surface area contributed by atoms with Crippen LogP contribution in [0.3, 0.4) is 0 Å². The molecule has 1 aromatic rings. The summed E-state index contributed by atoms with van der Waals surface area (Å²) in [6.45, 7) is 6.72. The highest BCUT2D eigenvalue weighted by Gasteiger charge is 2.26. The van der Waals surface area contributed by atoms with Gasteiger partial charge < -0.3 is 11.1 Å². The molecular formula is C17H27N3O. The zero-order valence-electron chi connectivity index (χ0n) is 13.1. The summed E-state index contributed by atoms with van der Waals surface area (Å²) in [5.74, 6) is 0.889. The monoisotopic (exact) mass is 289 g/mol. The van der Waals surface area contributed by atoms with Gasteiger partial charge in [-0.3, -0.25) is 9.69 Å². The van der Waals surface area contributed by atoms with Gasteiger partial charge in [-0.1, -0.05) is 31.5 Å². The fraction of sp³-hybridized carbons (Fsp3) is 0.588. The number of likely N-dealkylation sites (tertiary alicyclic amines) is 1. The van der Waals surface area contributed by atoms with E-state index < -0.39 is 0 Å². The van der Waals surface area contributed by atoms with Crippen LogP contribution in [0.1, 0.15) is 38.7 Å². The molecule has 4 heteroatoms. The zero-order valence-corrected chi connectivity index (χ0v) is 13.1. The van der Waals surface area contributed by atoms with Crippen LogP contribution in [0.5, 0.6) is 0 Å². The van der Waals surface area contributed by atoms with E-state index in [4.69, 9.17) is 5.73 Å². The molecule has 1 heterocycles. The normalized spacial score (nSPS) is 18.4. The molecule has 3 N–H and O–H groups in total. The smallest absolute Gasteiger partial charge is 0.241 e. The fourth-order valence-electron chi connectivity index (χ4n) is 2.97. The number of nitrogens with zero attached hydrogens (tertiary/aromatic N) is 1. The number of carbonyl (C=O) groups excluding carboxylic acids is 1. The number of piperidine rings is 1. The number of rotatable bonds is 5. The van der Waals surface area contributed by atoms with Gasteiger partial charge in [0.25, 0.3) is 0 Å². The second kappa shape index (κ2) is 7.57. The lowest BCUT2D eigenvalue weighted by atomic mass is 9.93. The number of anilines is 1. The first-order valence-corrected chi connectivity index (χ1v) is 7.98. The number of para-hydroxylation sites is 1. The van der Waals surface area contributed by atoms with Crippen molar-refractivity contribution < 1.29 is 4.79 Å². The van der Waals surface area contributed by atoms with Gasteiger partial charge in [0.15, 0.2) is 0 Å². The molecule has 0 aromatic heterocycles. The maximum Gasteiger partial charge on any atom is 0.241 e. The molecule has 0 bridgehead atoms. The summed E-state index contributed by atoms with van der Waals surface area (Å²) in [5, 5.41) is 3.02. The van der Waals surface area contributed by atoms with Crippen molar-refractivity contribution in [1.29, 1.82) is 0 Å². The van der Waals surface area contributed by atoms with Gasteiger partial charge in [0.05, 0.1) is 6.04 Å². The van der Waals surface area contributed by atoms with E-state index in [1.54, 1.807) is 0 Å². The van der Waals surface area contributed by atoms with Crippen LogP contribution < -0.4 is 11.1 Å². The average molecular weight is 289 g/mol. The molecule has 1 unspecified atom stereocenters. The molecule has 4 nitrogen and oxygen atoms in total. The predicted octanol–water partition coefficient (Wildman–Crippen LogP) is 2.59. The van der Waals surface area contributed by atoms with Gasteiger partial charge in [-0.2, -0.15) is 0 Å². The Hall–Kier alpha value is -1.39. The van der Waals surface area contributed by atoms with Gasteiger partial charge >= 0.3 is 0 Å². The summed E-state index contributed by atoms with van der Waals surface area (Å²) >= 11 is 0. The first-order chi connectivity index (χ1) is 10.2. The minimum absolute atomic E-state index is 0.0610. The van der Waals surface area contributed by atoms with E-state index in [0.717, 1.165) is 30.3 Å². The summed E-state index contributed by atoms with van der Waals surface area (Å²) in [6, 6.07) is 7.64. The highest BCUT2D eigenvalue weighted by Crippen LogP contribution is 2.22. The van der Waals surface area contributed by atoms with E-state index >= 15 is 0 Å². The van der Waals surface area contributed by atoms with Gasteiger partial charge in [0.2, 0.25) is 5.91 Å². The lowest BCUT2D eigenvalue weighted by molar-refractivity contribution is -0.121. The number of carbonyl (C=O) groups is 1. The minimum Gasteiger partial charge on any atom is -0.326 e. The third-order valence-electron chi connectivity index (χ3n) is 4.65. The SMILES string of the molecule is CCC1CCN(C(C)C(=O)Nc2ccccc2CN)CC1. The Balaban J connectivity index is 1.94. The molecule has 1 atom stereocenters. The maximum atomic E-state index is 12.4. The summed E-state index contributed by atoms with van der Waals surface area (Å²) in [5.41, 5.74) is 7.52. The molecule has 0 aliphatic carbocycles. The third kappa shape index (κ3) is 4.05. The highest BCUT2D eigenvalue weighted by atomic mass is 16.2. The Bertz CT molecular complexity index is 467. The van der Waals surface area contributed by atoms with E-state index in [0.29, 0.717) is 6.54 Å². The molecule has 0 radical (unpaired) electrons. The van der Waals surface area contributed by atoms with E-state index in [-0.39, 0.29) is 11.9 Å². The molecule has 1 fully saturated rings. The largest absolute Gasteiger partial charge is 0.326 e. The molecule has 0 spiro atoms. The Kier molecular flexibility index (Phi) is 5.76. The standard InChI is InChI=1S/C17H27N3O/c1-3-14-8-10-20(11-9-14)13(2)17(21)19-16-7-5-4-6-15(16)12-18/h4-7,13-14H,3,8-12,18H2,1-2H3,(H,19,21). The van der Waals surface area contributed by atoms with Crippen LogP contribution in [0, 0.1) is 5.92 Å². The van der Waals surface area contributed by atoms with E-state index in [9.17, 15) is 4.79 Å². The Morgan fingerprint density at radius 1 is 1.38 bits per heavy atom. The van der Waals surface area contributed by atoms with Crippen molar-refractivity contribution in [1.82, 2.24) is 4.90 Å². The first kappa shape index (κ1) is 16.0. The average Bonchev–Trinajstić information content (AvgIpc) is 2.54. The second-order valence-electron chi connectivity index (χ2n) is 5.91. The molecule has 1 aromatic carbocycles. The van der Waals surface area contributed by atoms with Crippen molar-refractivity contribution in [2.45, 2.75) is 45.7 Å². The fourth-order valence-corrected chi connectivity index (χ4v) is 2.97. The first-order valence-electron chi connectivity index (χ1n) is 7.98. The quantitative estimate of drug-likeness (QED) is 0.876. The van der Waals surface area contributed by atoms with Gasteiger partial charge in [0, 0.05) is 12.2 Å². The molecule has 21 heavy (non-hydrogen) atoms. The van der Waals surface area contributed by atoms with Crippen molar-refractivity contribution >= 4 is 11.6 Å². The van der Waals surface area contributed by atoms with E-state index in [1.165, 1.54) is 19.3 Å². The molecule has 0 saturated carbocycles. The van der Waals surface area contributed by atoms with Crippen molar-refractivity contribution in [3.8, 4) is 0 Å². The minimum atomic E-state index is -0.0892. The lowest BCUT2D eigenvalue weighted by Crippen LogP contribution is -2.46. The van der Waals surface area contributed by atoms with Gasteiger partial charge in [0.1, 0.15) is 0 Å². The maximum absolute atomic E-state index is 12.4. The Morgan fingerprint density at radius 3 is 2.67 bits per heavy atom. The van der Waals surface area contributed by atoms with Crippen LogP contribution >= 0.6 is 0 Å². The van der Waals surface area contributed by atoms with Gasteiger partial charge in [-0.15, -0.1) is 0 Å². The third-order valence-corrected chi connectivity index (χ3v) is 4.65. The van der Waals surface area contributed by atoms with Crippen LogP contribution in [-0.2, 0) is 11.3 Å². The topological polar surface area (TPSA) is 58.4 Å². The molecule has 1 amide bonds. The van der Waals surface area contributed by atoms with Gasteiger partial charge in [-0.05, 0) is 50.4 Å². The van der Waals surface area contributed by atoms with E-state index in [1.807, 2.05) is 31.2 Å². The van der Waals surface area contributed by atoms with Gasteiger partial charge in [-0.25, -0.2) is 0 Å². The molecular weight excluding hydrogens is 262 g/mol. The predicted molar refractivity (Wildman–Crippen MR) is 87.0 cm³/mol. The van der Waals surface area contributed by atoms with Crippen molar-refractivity contribution in [2.24, 2.45) is 11.7 Å². The number of hydrogen-bond donors (Lipinski definition) is 2. The summed E-state index contributed by atoms with van der Waals surface area (Å²) in [7, 11) is 0. The van der Waals surface area contributed by atoms with Crippen molar-refractivity contribution in [3.05, 3.63) is 29.8 Å². The highest BCUT2D eigenvalue weighted by molar-refractivity contribution is 5.95. The van der Waals surface area contributed by atoms with Crippen LogP contribution in [0.2, 0.25) is 0 Å². The van der Waals surface area contributed by atoms with Crippen LogP contribution in [0.15, 0.2) is 24.3 Å². The number of nitrogens with two attached hydrogens (primary N) is 1.